The molecule has 1 aromatic rings. The maximum Gasteiger partial charge on any atom is 0.407 e. The number of unbranched alkanes of at least 4 members (excludes halogenated alkanes) is 5. The van der Waals surface area contributed by atoms with Crippen LogP contribution in [0, 0.1) is 0 Å². The van der Waals surface area contributed by atoms with Crippen molar-refractivity contribution in [3.63, 3.8) is 0 Å². The van der Waals surface area contributed by atoms with Crippen LogP contribution in [0.2, 0.25) is 0 Å². The van der Waals surface area contributed by atoms with E-state index in [9.17, 15) is 9.59 Å². The molecule has 8 nitrogen and oxygen atoms in total. The van der Waals surface area contributed by atoms with Gasteiger partial charge in [-0.1, -0.05) is 38.7 Å². The minimum atomic E-state index is -0.428. The fraction of sp³-hybridized carbons (Fsp3) is 0.704. The molecule has 1 saturated heterocycles. The number of nitrogens with one attached hydrogen (secondary N) is 2. The van der Waals surface area contributed by atoms with Gasteiger partial charge in [0.25, 0.3) is 0 Å². The summed E-state index contributed by atoms with van der Waals surface area (Å²) in [6.45, 7) is 8.83. The molecule has 2 aliphatic heterocycles. The molecular weight excluding hydrogens is 446 g/mol. The molecule has 1 amide bonds. The van der Waals surface area contributed by atoms with Crippen LogP contribution in [0.3, 0.4) is 0 Å². The van der Waals surface area contributed by atoms with Gasteiger partial charge in [-0.25, -0.2) is 4.79 Å². The van der Waals surface area contributed by atoms with E-state index in [1.807, 2.05) is 32.2 Å². The number of carbonyl (C=O) groups is 2. The molecule has 0 radical (unpaired) electrons. The summed E-state index contributed by atoms with van der Waals surface area (Å²) in [5, 5.41) is 5.64. The second-order valence-corrected chi connectivity index (χ2v) is 8.76. The number of amides is 1. The number of ether oxygens (including phenoxy) is 3. The van der Waals surface area contributed by atoms with Gasteiger partial charge in [0.1, 0.15) is 25.6 Å². The maximum absolute atomic E-state index is 11.6. The Morgan fingerprint density at radius 2 is 1.77 bits per heavy atom. The van der Waals surface area contributed by atoms with E-state index in [0.717, 1.165) is 30.4 Å². The van der Waals surface area contributed by atoms with E-state index in [4.69, 9.17) is 14.2 Å². The van der Waals surface area contributed by atoms with Crippen LogP contribution in [-0.2, 0) is 9.53 Å². The van der Waals surface area contributed by atoms with Crippen molar-refractivity contribution >= 4 is 12.4 Å². The van der Waals surface area contributed by atoms with Gasteiger partial charge in [0, 0.05) is 19.5 Å². The molecule has 0 saturated carbocycles. The van der Waals surface area contributed by atoms with E-state index < -0.39 is 6.09 Å². The number of hydrogen-bond donors (Lipinski definition) is 2. The quantitative estimate of drug-likeness (QED) is 0.340. The molecule has 0 aromatic heterocycles. The van der Waals surface area contributed by atoms with Gasteiger partial charge in [-0.2, -0.15) is 0 Å². The predicted octanol–water partition coefficient (Wildman–Crippen LogP) is 4.72. The molecular formula is C27H47N3O5. The van der Waals surface area contributed by atoms with E-state index in [1.165, 1.54) is 51.6 Å². The molecule has 35 heavy (non-hydrogen) atoms. The van der Waals surface area contributed by atoms with E-state index in [2.05, 4.69) is 29.5 Å². The van der Waals surface area contributed by atoms with Crippen LogP contribution in [0.1, 0.15) is 76.9 Å². The summed E-state index contributed by atoms with van der Waals surface area (Å²) in [5.74, 6) is 1.41. The fourth-order valence-corrected chi connectivity index (χ4v) is 3.69. The van der Waals surface area contributed by atoms with Gasteiger partial charge >= 0.3 is 6.09 Å². The maximum atomic E-state index is 11.6. The smallest absolute Gasteiger partial charge is 0.407 e. The van der Waals surface area contributed by atoms with Crippen LogP contribution in [0.25, 0.3) is 0 Å². The molecule has 8 heteroatoms. The summed E-state index contributed by atoms with van der Waals surface area (Å²) < 4.78 is 16.4. The summed E-state index contributed by atoms with van der Waals surface area (Å²) in [6, 6.07) is 5.58. The number of benzene rings is 1. The molecule has 0 aliphatic carbocycles. The number of likely N-dealkylation sites (N-methyl/N-ethyl adjacent to an activating group) is 1. The lowest BCUT2D eigenvalue weighted by molar-refractivity contribution is -0.107. The van der Waals surface area contributed by atoms with Crippen molar-refractivity contribution in [3.05, 3.63) is 23.8 Å². The first-order chi connectivity index (χ1) is 17.0. The van der Waals surface area contributed by atoms with Crippen molar-refractivity contribution in [1.29, 1.82) is 0 Å². The number of aldehydes is 1. The average Bonchev–Trinajstić information content (AvgIpc) is 3.35. The van der Waals surface area contributed by atoms with Crippen molar-refractivity contribution in [2.45, 2.75) is 71.3 Å². The summed E-state index contributed by atoms with van der Waals surface area (Å²) >= 11 is 0. The second kappa shape index (κ2) is 19.9. The highest BCUT2D eigenvalue weighted by Crippen LogP contribution is 2.33. The molecule has 2 aliphatic rings. The molecule has 2 N–H and O–H groups in total. The minimum Gasteiger partial charge on any atom is -0.486 e. The monoisotopic (exact) mass is 493 g/mol. The van der Waals surface area contributed by atoms with E-state index in [1.54, 1.807) is 0 Å². The molecule has 200 valence electrons. The van der Waals surface area contributed by atoms with Crippen LogP contribution in [0.15, 0.2) is 18.2 Å². The summed E-state index contributed by atoms with van der Waals surface area (Å²) in [5.41, 5.74) is 0.870. The Morgan fingerprint density at radius 1 is 1.09 bits per heavy atom. The highest BCUT2D eigenvalue weighted by atomic mass is 16.6. The van der Waals surface area contributed by atoms with Crippen LogP contribution in [0.5, 0.6) is 11.5 Å². The lowest BCUT2D eigenvalue weighted by Gasteiger charge is -2.22. The Balaban J connectivity index is 0.000000335. The topological polar surface area (TPSA) is 89.1 Å². The zero-order chi connectivity index (χ0) is 25.7. The molecule has 1 unspecified atom stereocenters. The minimum absolute atomic E-state index is 0.373. The van der Waals surface area contributed by atoms with Crippen LogP contribution >= 0.6 is 0 Å². The number of fused-ring (bicyclic) bond motifs is 1. The van der Waals surface area contributed by atoms with Crippen molar-refractivity contribution in [1.82, 2.24) is 15.5 Å². The number of hydrogen-bond acceptors (Lipinski definition) is 7. The molecule has 0 spiro atoms. The molecule has 1 atom stereocenters. The van der Waals surface area contributed by atoms with E-state index in [-0.39, 0.29) is 6.10 Å². The van der Waals surface area contributed by atoms with Gasteiger partial charge < -0.3 is 34.5 Å². The first-order valence-electron chi connectivity index (χ1n) is 13.2. The third-order valence-corrected chi connectivity index (χ3v) is 5.65. The van der Waals surface area contributed by atoms with Crippen LogP contribution < -0.4 is 20.1 Å². The van der Waals surface area contributed by atoms with Crippen LogP contribution in [-0.4, -0.2) is 70.8 Å². The molecule has 0 bridgehead atoms. The summed E-state index contributed by atoms with van der Waals surface area (Å²) in [6.07, 6.45) is 9.99. The number of rotatable bonds is 11. The Hall–Kier alpha value is -2.32. The van der Waals surface area contributed by atoms with Gasteiger partial charge in [0.15, 0.2) is 11.5 Å². The second-order valence-electron chi connectivity index (χ2n) is 8.76. The number of likely N-dealkylation sites (tertiary alicyclic amines) is 1. The van der Waals surface area contributed by atoms with Crippen molar-refractivity contribution < 1.29 is 23.8 Å². The lowest BCUT2D eigenvalue weighted by atomic mass is 10.1. The van der Waals surface area contributed by atoms with Crippen molar-refractivity contribution in [2.24, 2.45) is 0 Å². The Morgan fingerprint density at radius 3 is 2.34 bits per heavy atom. The summed E-state index contributed by atoms with van der Waals surface area (Å²) in [4.78, 5) is 23.8. The molecule has 2 heterocycles. The zero-order valence-corrected chi connectivity index (χ0v) is 22.3. The fourth-order valence-electron chi connectivity index (χ4n) is 3.69. The Kier molecular flexibility index (Phi) is 17.5. The summed E-state index contributed by atoms with van der Waals surface area (Å²) in [7, 11) is 3.99. The van der Waals surface area contributed by atoms with Crippen molar-refractivity contribution in [3.8, 4) is 11.5 Å². The highest BCUT2D eigenvalue weighted by molar-refractivity contribution is 5.67. The van der Waals surface area contributed by atoms with Gasteiger partial charge in [-0.15, -0.1) is 0 Å². The Labute approximate surface area is 212 Å². The van der Waals surface area contributed by atoms with Gasteiger partial charge in [0.2, 0.25) is 0 Å². The van der Waals surface area contributed by atoms with Crippen molar-refractivity contribution in [2.75, 3.05) is 53.5 Å². The molecule has 1 aromatic carbocycles. The Bertz CT molecular complexity index is 695. The number of alkyl carbamates (subject to hydrolysis) is 1. The van der Waals surface area contributed by atoms with E-state index >= 15 is 0 Å². The van der Waals surface area contributed by atoms with E-state index in [0.29, 0.717) is 32.1 Å². The van der Waals surface area contributed by atoms with Gasteiger partial charge in [-0.05, 0) is 71.1 Å². The largest absolute Gasteiger partial charge is 0.486 e. The predicted molar refractivity (Wildman–Crippen MR) is 140 cm³/mol. The third-order valence-electron chi connectivity index (χ3n) is 5.65. The molecule has 3 rings (SSSR count). The number of nitrogens with zero attached hydrogens (tertiary/aromatic N) is 1. The zero-order valence-electron chi connectivity index (χ0n) is 22.3. The first-order valence-corrected chi connectivity index (χ1v) is 13.2. The highest BCUT2D eigenvalue weighted by Gasteiger charge is 2.19. The lowest BCUT2D eigenvalue weighted by Crippen LogP contribution is -2.29. The van der Waals surface area contributed by atoms with Crippen LogP contribution in [0.4, 0.5) is 4.79 Å². The normalized spacial score (nSPS) is 15.1. The number of carbonyl (C=O) groups excluding carboxylic acids is 2. The van der Waals surface area contributed by atoms with Gasteiger partial charge in [-0.3, -0.25) is 0 Å². The first kappa shape index (κ1) is 30.7. The standard InChI is InChI=1S/C14H20N2O4.C8H16O.C5H11N/c1-3-16-14(17)20-13(9-15-2)10-4-5-11-12(8-10)19-7-6-18-11;1-2-3-4-5-6-7-8-9;1-6-4-2-3-5-6/h4-5,8,13,15H,3,6-7,9H2,1-2H3,(H,16,17);8H,2-7H2,1H3;2-5H2,1H3. The average molecular weight is 494 g/mol. The molecule has 1 fully saturated rings. The van der Waals surface area contributed by atoms with Gasteiger partial charge in [0.05, 0.1) is 0 Å². The third kappa shape index (κ3) is 14.0. The SMILES string of the molecule is CCCCCCCC=O.CCNC(=O)OC(CNC)c1ccc2c(c1)OCCO2.CN1CCCC1.